The molecule has 3 rings (SSSR count). The minimum atomic E-state index is -4.81. The Balaban J connectivity index is 1.66. The molecule has 0 atom stereocenters. The van der Waals surface area contributed by atoms with Gasteiger partial charge in [0.2, 0.25) is 5.95 Å². The van der Waals surface area contributed by atoms with E-state index < -0.39 is 6.36 Å². The van der Waals surface area contributed by atoms with Gasteiger partial charge in [0.05, 0.1) is 11.7 Å². The normalized spacial score (nSPS) is 14.8. The Hall–Kier alpha value is -3.08. The summed E-state index contributed by atoms with van der Waals surface area (Å²) < 4.78 is 52.9. The Morgan fingerprint density at radius 3 is 2.59 bits per heavy atom. The molecule has 0 unspecified atom stereocenters. The lowest BCUT2D eigenvalue weighted by Crippen LogP contribution is -2.32. The van der Waals surface area contributed by atoms with E-state index in [1.807, 2.05) is 0 Å². The number of carbonyl (C=O) groups excluding carboxylic acids is 1. The van der Waals surface area contributed by atoms with Crippen LogP contribution in [0.4, 0.5) is 19.1 Å². The molecular weight excluding hydrogens is 429 g/mol. The molecule has 2 aromatic rings. The molecular formula is C21H25F3N4O4. The number of carbonyl (C=O) groups is 1. The van der Waals surface area contributed by atoms with Crippen LogP contribution in [0.2, 0.25) is 0 Å². The lowest BCUT2D eigenvalue weighted by molar-refractivity contribution is -0.274. The molecule has 1 aliphatic heterocycles. The number of nitrogens with zero attached hydrogens (tertiary/aromatic N) is 3. The third-order valence-electron chi connectivity index (χ3n) is 4.40. The summed E-state index contributed by atoms with van der Waals surface area (Å²) in [5, 5.41) is 2.92. The van der Waals surface area contributed by atoms with Gasteiger partial charge in [0, 0.05) is 38.2 Å². The summed E-state index contributed by atoms with van der Waals surface area (Å²) in [7, 11) is 0. The van der Waals surface area contributed by atoms with Crippen LogP contribution in [0.15, 0.2) is 30.6 Å². The van der Waals surface area contributed by atoms with Gasteiger partial charge in [0.25, 0.3) is 5.91 Å². The van der Waals surface area contributed by atoms with Crippen molar-refractivity contribution in [2.45, 2.75) is 45.7 Å². The van der Waals surface area contributed by atoms with E-state index in [-0.39, 0.29) is 42.7 Å². The zero-order valence-electron chi connectivity index (χ0n) is 17.8. The highest BCUT2D eigenvalue weighted by molar-refractivity contribution is 5.93. The maximum absolute atomic E-state index is 12.6. The minimum Gasteiger partial charge on any atom is -0.491 e. The van der Waals surface area contributed by atoms with E-state index in [4.69, 9.17) is 9.47 Å². The maximum Gasteiger partial charge on any atom is 0.573 e. The highest BCUT2D eigenvalue weighted by atomic mass is 19.4. The van der Waals surface area contributed by atoms with Gasteiger partial charge in [-0.25, -0.2) is 9.97 Å². The predicted molar refractivity (Wildman–Crippen MR) is 109 cm³/mol. The van der Waals surface area contributed by atoms with Crippen molar-refractivity contribution in [1.29, 1.82) is 0 Å². The molecule has 0 spiro atoms. The molecule has 0 bridgehead atoms. The molecule has 0 radical (unpaired) electrons. The smallest absolute Gasteiger partial charge is 0.491 e. The number of halogens is 3. The van der Waals surface area contributed by atoms with Crippen molar-refractivity contribution in [3.63, 3.8) is 0 Å². The molecule has 1 fully saturated rings. The molecule has 11 heteroatoms. The Morgan fingerprint density at radius 2 is 1.91 bits per heavy atom. The first kappa shape index (κ1) is 23.6. The average molecular weight is 454 g/mol. The molecule has 1 saturated heterocycles. The first-order valence-corrected chi connectivity index (χ1v) is 10.2. The number of nitrogens with one attached hydrogen (secondary N) is 1. The van der Waals surface area contributed by atoms with E-state index in [0.29, 0.717) is 24.3 Å². The van der Waals surface area contributed by atoms with Gasteiger partial charge in [0.1, 0.15) is 18.2 Å². The van der Waals surface area contributed by atoms with Gasteiger partial charge in [-0.05, 0) is 44.4 Å². The molecule has 174 valence electrons. The monoisotopic (exact) mass is 454 g/mol. The number of aromatic nitrogens is 2. The van der Waals surface area contributed by atoms with E-state index in [0.717, 1.165) is 12.8 Å². The SMILES string of the molecule is CC(C)Oc1cc(CNc2ncc(C(=O)N3CCCCOC3)cn2)cc(OC(F)(F)F)c1. The second-order valence-electron chi connectivity index (χ2n) is 7.49. The Morgan fingerprint density at radius 1 is 1.19 bits per heavy atom. The van der Waals surface area contributed by atoms with Crippen LogP contribution >= 0.6 is 0 Å². The molecule has 8 nitrogen and oxygen atoms in total. The van der Waals surface area contributed by atoms with Gasteiger partial charge >= 0.3 is 6.36 Å². The van der Waals surface area contributed by atoms with Gasteiger partial charge < -0.3 is 24.4 Å². The summed E-state index contributed by atoms with van der Waals surface area (Å²) >= 11 is 0. The van der Waals surface area contributed by atoms with Crippen molar-refractivity contribution in [2.75, 3.05) is 25.2 Å². The lowest BCUT2D eigenvalue weighted by Gasteiger charge is -2.19. The van der Waals surface area contributed by atoms with Crippen molar-refractivity contribution in [1.82, 2.24) is 14.9 Å². The number of alkyl halides is 3. The van der Waals surface area contributed by atoms with Crippen molar-refractivity contribution in [3.8, 4) is 11.5 Å². The number of amides is 1. The van der Waals surface area contributed by atoms with Crippen LogP contribution in [-0.4, -0.2) is 53.1 Å². The molecule has 0 aliphatic carbocycles. The second kappa shape index (κ2) is 10.5. The number of hydrogen-bond donors (Lipinski definition) is 1. The quantitative estimate of drug-likeness (QED) is 0.677. The van der Waals surface area contributed by atoms with Gasteiger partial charge in [-0.15, -0.1) is 13.2 Å². The van der Waals surface area contributed by atoms with Gasteiger partial charge in [0.15, 0.2) is 0 Å². The topological polar surface area (TPSA) is 85.8 Å². The maximum atomic E-state index is 12.6. The first-order valence-electron chi connectivity index (χ1n) is 10.2. The largest absolute Gasteiger partial charge is 0.573 e. The number of rotatable bonds is 7. The lowest BCUT2D eigenvalue weighted by atomic mass is 10.2. The Kier molecular flexibility index (Phi) is 7.73. The number of ether oxygens (including phenoxy) is 3. The predicted octanol–water partition coefficient (Wildman–Crippen LogP) is 3.98. The summed E-state index contributed by atoms with van der Waals surface area (Å²) in [6.07, 6.45) is -0.461. The number of benzene rings is 1. The van der Waals surface area contributed by atoms with E-state index in [2.05, 4.69) is 20.0 Å². The molecule has 32 heavy (non-hydrogen) atoms. The standard InChI is InChI=1S/C21H25F3N4O4/c1-14(2)31-17-7-15(8-18(9-17)32-21(22,23)24)10-25-20-26-11-16(12-27-20)19(29)28-5-3-4-6-30-13-28/h7-9,11-12,14H,3-6,10,13H2,1-2H3,(H,25,26,27). The zero-order chi connectivity index (χ0) is 23.1. The Labute approximate surface area is 183 Å². The van der Waals surface area contributed by atoms with E-state index >= 15 is 0 Å². The highest BCUT2D eigenvalue weighted by Gasteiger charge is 2.31. The fraction of sp³-hybridized carbons (Fsp3) is 0.476. The van der Waals surface area contributed by atoms with E-state index in [1.54, 1.807) is 24.8 Å². The van der Waals surface area contributed by atoms with Crippen molar-refractivity contribution >= 4 is 11.9 Å². The van der Waals surface area contributed by atoms with Gasteiger partial charge in [-0.2, -0.15) is 0 Å². The summed E-state index contributed by atoms with van der Waals surface area (Å²) in [5.74, 6) is -0.123. The summed E-state index contributed by atoms with van der Waals surface area (Å²) in [6.45, 7) is 5.12. The average Bonchev–Trinajstić information content (AvgIpc) is 3.00. The zero-order valence-corrected chi connectivity index (χ0v) is 17.8. The van der Waals surface area contributed by atoms with Crippen LogP contribution in [0.3, 0.4) is 0 Å². The summed E-state index contributed by atoms with van der Waals surface area (Å²) in [5.41, 5.74) is 0.808. The fourth-order valence-corrected chi connectivity index (χ4v) is 3.07. The van der Waals surface area contributed by atoms with Crippen LogP contribution in [0, 0.1) is 0 Å². The molecule has 0 saturated carbocycles. The summed E-state index contributed by atoms with van der Waals surface area (Å²) in [6, 6.07) is 4.04. The van der Waals surface area contributed by atoms with Crippen LogP contribution in [0.25, 0.3) is 0 Å². The molecule has 1 amide bonds. The number of anilines is 1. The van der Waals surface area contributed by atoms with Crippen LogP contribution in [0.5, 0.6) is 11.5 Å². The van der Waals surface area contributed by atoms with Gasteiger partial charge in [-0.3, -0.25) is 4.79 Å². The van der Waals surface area contributed by atoms with Crippen LogP contribution in [-0.2, 0) is 11.3 Å². The van der Waals surface area contributed by atoms with Crippen molar-refractivity contribution in [2.24, 2.45) is 0 Å². The first-order chi connectivity index (χ1) is 15.2. The van der Waals surface area contributed by atoms with E-state index in [1.165, 1.54) is 24.5 Å². The minimum absolute atomic E-state index is 0.122. The molecule has 2 heterocycles. The van der Waals surface area contributed by atoms with Crippen LogP contribution < -0.4 is 14.8 Å². The highest BCUT2D eigenvalue weighted by Crippen LogP contribution is 2.29. The van der Waals surface area contributed by atoms with Crippen molar-refractivity contribution in [3.05, 3.63) is 41.7 Å². The second-order valence-corrected chi connectivity index (χ2v) is 7.49. The van der Waals surface area contributed by atoms with Gasteiger partial charge in [-0.1, -0.05) is 0 Å². The Bertz CT molecular complexity index is 899. The molecule has 1 aliphatic rings. The van der Waals surface area contributed by atoms with Crippen molar-refractivity contribution < 1.29 is 32.2 Å². The molecule has 1 aromatic heterocycles. The van der Waals surface area contributed by atoms with Crippen LogP contribution in [0.1, 0.15) is 42.6 Å². The number of hydrogen-bond acceptors (Lipinski definition) is 7. The third kappa shape index (κ3) is 7.26. The molecule has 1 N–H and O–H groups in total. The molecule has 1 aromatic carbocycles. The fourth-order valence-electron chi connectivity index (χ4n) is 3.07. The summed E-state index contributed by atoms with van der Waals surface area (Å²) in [4.78, 5) is 22.4. The van der Waals surface area contributed by atoms with E-state index in [9.17, 15) is 18.0 Å². The third-order valence-corrected chi connectivity index (χ3v) is 4.40.